The zero-order valence-electron chi connectivity index (χ0n) is 9.00. The lowest BCUT2D eigenvalue weighted by Gasteiger charge is -2.05. The summed E-state index contributed by atoms with van der Waals surface area (Å²) in [6.07, 6.45) is 8.98. The lowest BCUT2D eigenvalue weighted by molar-refractivity contribution is 0.242. The molecule has 2 rings (SSSR count). The number of nitrogens with one attached hydrogen (secondary N) is 1. The normalized spacial score (nSPS) is 10.3. The molecule has 0 atom stereocenters. The van der Waals surface area contributed by atoms with Crippen LogP contribution < -0.4 is 5.32 Å². The number of aromatic nitrogens is 4. The topological polar surface area (TPSA) is 64.7 Å². The fourth-order valence-corrected chi connectivity index (χ4v) is 1.39. The molecule has 0 bridgehead atoms. The highest BCUT2D eigenvalue weighted by molar-refractivity contribution is 5.76. The quantitative estimate of drug-likeness (QED) is 0.813. The van der Waals surface area contributed by atoms with Crippen molar-refractivity contribution in [1.29, 1.82) is 0 Å². The summed E-state index contributed by atoms with van der Waals surface area (Å²) in [4.78, 5) is 19.5. The molecule has 2 aromatic rings. The third-order valence-electron chi connectivity index (χ3n) is 2.28. The number of amides is 1. The minimum atomic E-state index is -0.174. The van der Waals surface area contributed by atoms with Gasteiger partial charge in [0.05, 0.1) is 0 Å². The van der Waals surface area contributed by atoms with E-state index in [2.05, 4.69) is 15.3 Å². The van der Waals surface area contributed by atoms with Gasteiger partial charge in [-0.05, 0) is 0 Å². The summed E-state index contributed by atoms with van der Waals surface area (Å²) in [7, 11) is 1.93. The Kier molecular flexibility index (Phi) is 3.00. The Bertz CT molecular complexity index is 459. The molecular formula is C10H13N5O. The van der Waals surface area contributed by atoms with Crippen LogP contribution in [0.15, 0.2) is 31.1 Å². The predicted octanol–water partition coefficient (Wildman–Crippen LogP) is 0.417. The Balaban J connectivity index is 1.81. The van der Waals surface area contributed by atoms with E-state index in [0.29, 0.717) is 13.0 Å². The van der Waals surface area contributed by atoms with Crippen LogP contribution in [-0.4, -0.2) is 31.7 Å². The van der Waals surface area contributed by atoms with Crippen molar-refractivity contribution in [2.75, 3.05) is 6.54 Å². The number of carbonyl (C=O) groups is 1. The van der Waals surface area contributed by atoms with E-state index < -0.39 is 0 Å². The van der Waals surface area contributed by atoms with E-state index in [-0.39, 0.29) is 6.03 Å². The van der Waals surface area contributed by atoms with Gasteiger partial charge in [0.2, 0.25) is 0 Å². The molecule has 0 aromatic carbocycles. The maximum absolute atomic E-state index is 11.5. The summed E-state index contributed by atoms with van der Waals surface area (Å²) in [6, 6.07) is -0.174. The molecule has 2 heterocycles. The molecule has 2 aromatic heterocycles. The van der Waals surface area contributed by atoms with Crippen molar-refractivity contribution in [3.8, 4) is 0 Å². The van der Waals surface area contributed by atoms with E-state index in [4.69, 9.17) is 0 Å². The van der Waals surface area contributed by atoms with Gasteiger partial charge in [-0.15, -0.1) is 0 Å². The summed E-state index contributed by atoms with van der Waals surface area (Å²) < 4.78 is 3.34. The van der Waals surface area contributed by atoms with Crippen molar-refractivity contribution in [3.63, 3.8) is 0 Å². The van der Waals surface area contributed by atoms with Gasteiger partial charge >= 0.3 is 6.03 Å². The molecule has 1 N–H and O–H groups in total. The Hall–Kier alpha value is -2.11. The molecule has 0 radical (unpaired) electrons. The summed E-state index contributed by atoms with van der Waals surface area (Å²) >= 11 is 0. The maximum atomic E-state index is 11.5. The number of nitrogens with zero attached hydrogens (tertiary/aromatic N) is 4. The molecule has 84 valence electrons. The van der Waals surface area contributed by atoms with Gasteiger partial charge in [-0.2, -0.15) is 0 Å². The van der Waals surface area contributed by atoms with Gasteiger partial charge in [0, 0.05) is 44.8 Å². The third-order valence-corrected chi connectivity index (χ3v) is 2.28. The van der Waals surface area contributed by atoms with Crippen LogP contribution >= 0.6 is 0 Å². The highest BCUT2D eigenvalue weighted by Crippen LogP contribution is 1.94. The summed E-state index contributed by atoms with van der Waals surface area (Å²) in [5.74, 6) is 0.950. The highest BCUT2D eigenvalue weighted by atomic mass is 16.2. The second kappa shape index (κ2) is 4.61. The molecule has 0 aliphatic carbocycles. The number of hydrogen-bond donors (Lipinski definition) is 1. The van der Waals surface area contributed by atoms with Crippen molar-refractivity contribution >= 4 is 6.03 Å². The van der Waals surface area contributed by atoms with Crippen LogP contribution in [0.4, 0.5) is 4.79 Å². The minimum absolute atomic E-state index is 0.174. The molecule has 0 spiro atoms. The van der Waals surface area contributed by atoms with Crippen molar-refractivity contribution < 1.29 is 4.79 Å². The van der Waals surface area contributed by atoms with Crippen LogP contribution in [0.25, 0.3) is 0 Å². The molecule has 0 fully saturated rings. The van der Waals surface area contributed by atoms with Gasteiger partial charge < -0.3 is 9.88 Å². The smallest absolute Gasteiger partial charge is 0.326 e. The molecular weight excluding hydrogens is 206 g/mol. The van der Waals surface area contributed by atoms with E-state index in [0.717, 1.165) is 5.82 Å². The predicted molar refractivity (Wildman–Crippen MR) is 57.9 cm³/mol. The zero-order valence-corrected chi connectivity index (χ0v) is 9.00. The molecule has 0 saturated heterocycles. The monoisotopic (exact) mass is 219 g/mol. The highest BCUT2D eigenvalue weighted by Gasteiger charge is 2.03. The first-order chi connectivity index (χ1) is 7.77. The summed E-state index contributed by atoms with van der Waals surface area (Å²) in [5.41, 5.74) is 0. The second-order valence-corrected chi connectivity index (χ2v) is 3.41. The molecule has 1 amide bonds. The van der Waals surface area contributed by atoms with Crippen LogP contribution in [0.2, 0.25) is 0 Å². The minimum Gasteiger partial charge on any atom is -0.338 e. The number of hydrogen-bond acceptors (Lipinski definition) is 3. The fourth-order valence-electron chi connectivity index (χ4n) is 1.39. The third kappa shape index (κ3) is 2.28. The van der Waals surface area contributed by atoms with Crippen molar-refractivity contribution in [1.82, 2.24) is 24.4 Å². The Morgan fingerprint density at radius 2 is 2.31 bits per heavy atom. The first kappa shape index (κ1) is 10.4. The summed E-state index contributed by atoms with van der Waals surface area (Å²) in [5, 5.41) is 2.78. The molecule has 0 saturated carbocycles. The van der Waals surface area contributed by atoms with E-state index in [9.17, 15) is 4.79 Å². The Morgan fingerprint density at radius 3 is 2.94 bits per heavy atom. The van der Waals surface area contributed by atoms with Gasteiger partial charge in [-0.3, -0.25) is 4.57 Å². The van der Waals surface area contributed by atoms with Crippen molar-refractivity contribution in [2.45, 2.75) is 6.42 Å². The van der Waals surface area contributed by atoms with E-state index in [1.807, 2.05) is 17.8 Å². The lowest BCUT2D eigenvalue weighted by Crippen LogP contribution is -2.29. The van der Waals surface area contributed by atoms with Gasteiger partial charge in [-0.1, -0.05) is 0 Å². The largest absolute Gasteiger partial charge is 0.338 e. The van der Waals surface area contributed by atoms with Crippen molar-refractivity contribution in [2.24, 2.45) is 7.05 Å². The van der Waals surface area contributed by atoms with E-state index in [1.54, 1.807) is 18.6 Å². The lowest BCUT2D eigenvalue weighted by atomic mass is 10.4. The SMILES string of the molecule is Cn1ccnc1CCNC(=O)n1ccnc1. The van der Waals surface area contributed by atoms with Crippen LogP contribution in [0.1, 0.15) is 5.82 Å². The zero-order chi connectivity index (χ0) is 11.4. The molecule has 16 heavy (non-hydrogen) atoms. The molecule has 0 unspecified atom stereocenters. The summed E-state index contributed by atoms with van der Waals surface area (Å²) in [6.45, 7) is 0.557. The van der Waals surface area contributed by atoms with Gasteiger partial charge in [-0.25, -0.2) is 14.8 Å². The van der Waals surface area contributed by atoms with Gasteiger partial charge in [0.1, 0.15) is 12.2 Å². The van der Waals surface area contributed by atoms with E-state index in [1.165, 1.54) is 10.9 Å². The van der Waals surface area contributed by atoms with Crippen LogP contribution in [-0.2, 0) is 13.5 Å². The molecule has 6 heteroatoms. The number of imidazole rings is 2. The van der Waals surface area contributed by atoms with Gasteiger partial charge in [0.15, 0.2) is 0 Å². The average molecular weight is 219 g/mol. The van der Waals surface area contributed by atoms with Crippen LogP contribution in [0.3, 0.4) is 0 Å². The number of aryl methyl sites for hydroxylation is 1. The van der Waals surface area contributed by atoms with E-state index >= 15 is 0 Å². The fraction of sp³-hybridized carbons (Fsp3) is 0.300. The Morgan fingerprint density at radius 1 is 1.44 bits per heavy atom. The van der Waals surface area contributed by atoms with Crippen LogP contribution in [0.5, 0.6) is 0 Å². The maximum Gasteiger partial charge on any atom is 0.326 e. The Labute approximate surface area is 92.9 Å². The first-order valence-corrected chi connectivity index (χ1v) is 5.00. The standard InChI is InChI=1S/C10H13N5O/c1-14-6-5-12-9(14)2-3-13-10(16)15-7-4-11-8-15/h4-8H,2-3H2,1H3,(H,13,16). The number of carbonyl (C=O) groups excluding carboxylic acids is 1. The van der Waals surface area contributed by atoms with Crippen molar-refractivity contribution in [3.05, 3.63) is 36.9 Å². The molecule has 0 aliphatic rings. The molecule has 0 aliphatic heterocycles. The van der Waals surface area contributed by atoms with Gasteiger partial charge in [0.25, 0.3) is 0 Å². The number of rotatable bonds is 3. The second-order valence-electron chi connectivity index (χ2n) is 3.41. The molecule has 6 nitrogen and oxygen atoms in total. The average Bonchev–Trinajstić information content (AvgIpc) is 2.90. The first-order valence-electron chi connectivity index (χ1n) is 5.00. The van der Waals surface area contributed by atoms with Crippen LogP contribution in [0, 0.1) is 0 Å².